The Bertz CT molecular complexity index is 711. The van der Waals surface area contributed by atoms with Crippen LogP contribution in [0.2, 0.25) is 0 Å². The van der Waals surface area contributed by atoms with Crippen molar-refractivity contribution in [1.82, 2.24) is 4.90 Å². The van der Waals surface area contributed by atoms with Crippen LogP contribution in [0.3, 0.4) is 0 Å². The van der Waals surface area contributed by atoms with Gasteiger partial charge in [-0.25, -0.2) is 0 Å². The van der Waals surface area contributed by atoms with Gasteiger partial charge in [0.2, 0.25) is 0 Å². The molecule has 0 aliphatic carbocycles. The molecule has 23 heavy (non-hydrogen) atoms. The van der Waals surface area contributed by atoms with Crippen molar-refractivity contribution in [3.8, 4) is 0 Å². The molecule has 1 aromatic carbocycles. The van der Waals surface area contributed by atoms with E-state index in [4.69, 9.17) is 4.18 Å². The summed E-state index contributed by atoms with van der Waals surface area (Å²) < 4.78 is 30.4. The second-order valence-electron chi connectivity index (χ2n) is 7.07. The lowest BCUT2D eigenvalue weighted by atomic mass is 9.72. The molecular weight excluding hydrogens is 314 g/mol. The first kappa shape index (κ1) is 15.3. The van der Waals surface area contributed by atoms with Crippen molar-refractivity contribution >= 4 is 15.9 Å². The molecule has 2 unspecified atom stereocenters. The highest BCUT2D eigenvalue weighted by molar-refractivity contribution is 7.86. The van der Waals surface area contributed by atoms with Crippen molar-refractivity contribution in [3.63, 3.8) is 0 Å². The van der Waals surface area contributed by atoms with Crippen molar-refractivity contribution < 1.29 is 17.4 Å². The van der Waals surface area contributed by atoms with E-state index < -0.39 is 10.1 Å². The van der Waals surface area contributed by atoms with Crippen LogP contribution in [0, 0.1) is 12.8 Å². The van der Waals surface area contributed by atoms with Crippen molar-refractivity contribution in [1.29, 1.82) is 0 Å². The third-order valence-corrected chi connectivity index (χ3v) is 6.86. The highest BCUT2D eigenvalue weighted by Crippen LogP contribution is 2.42. The van der Waals surface area contributed by atoms with Gasteiger partial charge >= 0.3 is 0 Å². The maximum Gasteiger partial charge on any atom is 0.297 e. The van der Waals surface area contributed by atoms with Gasteiger partial charge in [-0.1, -0.05) is 17.7 Å². The third-order valence-electron chi connectivity index (χ3n) is 5.49. The number of aryl methyl sites for hydroxylation is 1. The number of hydrogen-bond acceptors (Lipinski definition) is 5. The Morgan fingerprint density at radius 2 is 1.65 bits per heavy atom. The monoisotopic (exact) mass is 335 g/mol. The van der Waals surface area contributed by atoms with Crippen LogP contribution in [0.4, 0.5) is 0 Å². The highest BCUT2D eigenvalue weighted by atomic mass is 32.2. The molecule has 4 aliphatic rings. The van der Waals surface area contributed by atoms with Gasteiger partial charge < -0.3 is 0 Å². The van der Waals surface area contributed by atoms with Gasteiger partial charge in [-0.05, 0) is 44.7 Å². The Hall–Kier alpha value is -1.24. The van der Waals surface area contributed by atoms with Crippen LogP contribution in [0.1, 0.15) is 31.2 Å². The third kappa shape index (κ3) is 2.73. The van der Waals surface area contributed by atoms with E-state index in [9.17, 15) is 13.2 Å². The van der Waals surface area contributed by atoms with Crippen LogP contribution in [-0.4, -0.2) is 43.8 Å². The number of hydrogen-bond donors (Lipinski definition) is 0. The quantitative estimate of drug-likeness (QED) is 0.790. The summed E-state index contributed by atoms with van der Waals surface area (Å²) in [6.07, 6.45) is 2.85. The largest absolute Gasteiger partial charge is 0.298 e. The molecule has 2 atom stereocenters. The van der Waals surface area contributed by atoms with Crippen molar-refractivity contribution in [2.24, 2.45) is 5.92 Å². The molecule has 6 heteroatoms. The van der Waals surface area contributed by atoms with Crippen LogP contribution in [0.15, 0.2) is 29.2 Å². The Labute approximate surface area is 136 Å². The minimum atomic E-state index is -3.72. The molecule has 4 saturated heterocycles. The molecule has 0 aromatic heterocycles. The fraction of sp³-hybridized carbons (Fsp3) is 0.588. The first-order valence-electron chi connectivity index (χ1n) is 8.21. The van der Waals surface area contributed by atoms with E-state index in [1.54, 1.807) is 24.3 Å². The second kappa shape index (κ2) is 5.40. The summed E-state index contributed by atoms with van der Waals surface area (Å²) in [6, 6.07) is 7.34. The van der Waals surface area contributed by atoms with Crippen molar-refractivity contribution in [2.45, 2.75) is 55.7 Å². The number of Topliss-reactive ketones (excluding diaryl/α,β-unsaturated/α-hetero) is 1. The molecule has 4 aliphatic heterocycles. The molecule has 0 radical (unpaired) electrons. The Morgan fingerprint density at radius 1 is 1.04 bits per heavy atom. The van der Waals surface area contributed by atoms with Crippen molar-refractivity contribution in [3.05, 3.63) is 29.8 Å². The predicted molar refractivity (Wildman–Crippen MR) is 84.5 cm³/mol. The molecule has 4 bridgehead atoms. The van der Waals surface area contributed by atoms with Gasteiger partial charge in [0.1, 0.15) is 5.78 Å². The minimum Gasteiger partial charge on any atom is -0.298 e. The predicted octanol–water partition coefficient (Wildman–Crippen LogP) is 1.89. The summed E-state index contributed by atoms with van der Waals surface area (Å²) in [7, 11) is -3.72. The molecule has 124 valence electrons. The van der Waals surface area contributed by atoms with E-state index in [1.165, 1.54) is 0 Å². The number of carbonyl (C=O) groups is 1. The van der Waals surface area contributed by atoms with Crippen LogP contribution in [0.5, 0.6) is 0 Å². The van der Waals surface area contributed by atoms with Crippen LogP contribution in [-0.2, 0) is 19.1 Å². The number of rotatable bonds is 3. The van der Waals surface area contributed by atoms with Gasteiger partial charge in [-0.2, -0.15) is 8.42 Å². The second-order valence-corrected chi connectivity index (χ2v) is 8.64. The van der Waals surface area contributed by atoms with Gasteiger partial charge in [-0.3, -0.25) is 13.9 Å². The molecule has 0 saturated carbocycles. The molecule has 4 heterocycles. The lowest BCUT2D eigenvalue weighted by Crippen LogP contribution is -2.63. The van der Waals surface area contributed by atoms with E-state index >= 15 is 0 Å². The average molecular weight is 335 g/mol. The first-order valence-corrected chi connectivity index (χ1v) is 9.61. The fourth-order valence-electron chi connectivity index (χ4n) is 4.34. The number of piperidine rings is 4. The molecule has 0 N–H and O–H groups in total. The molecule has 1 aromatic rings. The maximum atomic E-state index is 12.5. The summed E-state index contributed by atoms with van der Waals surface area (Å²) in [6.45, 7) is 2.46. The van der Waals surface area contributed by atoms with Crippen LogP contribution >= 0.6 is 0 Å². The molecule has 0 amide bonds. The molecule has 5 nitrogen and oxygen atoms in total. The van der Waals surface area contributed by atoms with Crippen LogP contribution < -0.4 is 0 Å². The van der Waals surface area contributed by atoms with Gasteiger partial charge in [0.25, 0.3) is 10.1 Å². The average Bonchev–Trinajstić information content (AvgIpc) is 2.47. The van der Waals surface area contributed by atoms with E-state index in [1.807, 2.05) is 6.92 Å². The normalized spacial score (nSPS) is 36.2. The molecule has 5 rings (SSSR count). The van der Waals surface area contributed by atoms with E-state index in [0.717, 1.165) is 18.4 Å². The smallest absolute Gasteiger partial charge is 0.297 e. The zero-order valence-electron chi connectivity index (χ0n) is 13.1. The zero-order valence-corrected chi connectivity index (χ0v) is 14.0. The number of ketones is 1. The van der Waals surface area contributed by atoms with E-state index in [-0.39, 0.29) is 16.9 Å². The van der Waals surface area contributed by atoms with Gasteiger partial charge in [0.15, 0.2) is 0 Å². The lowest BCUT2D eigenvalue weighted by molar-refractivity contribution is -0.143. The number of fused-ring (bicyclic) bond motifs is 1. The standard InChI is InChI=1S/C17H21NO4S/c1-11-2-4-16(5-3-11)23(20,21)22-15-8-13-6-12-7-14(9-15)18(13)10-17(12)19/h2-5,12-15H,6-10H2,1H3. The Balaban J connectivity index is 1.48. The zero-order chi connectivity index (χ0) is 16.2. The summed E-state index contributed by atoms with van der Waals surface area (Å²) in [5.74, 6) is 0.536. The molecular formula is C17H21NO4S. The van der Waals surface area contributed by atoms with Crippen molar-refractivity contribution in [2.75, 3.05) is 6.54 Å². The topological polar surface area (TPSA) is 63.7 Å². The SMILES string of the molecule is Cc1ccc(S(=O)(=O)OC2CC3CC4CC(C2)N3CC4=O)cc1. The molecule has 0 spiro atoms. The Kier molecular flexibility index (Phi) is 3.59. The van der Waals surface area contributed by atoms with E-state index in [0.29, 0.717) is 37.3 Å². The summed E-state index contributed by atoms with van der Waals surface area (Å²) in [5, 5.41) is 0. The summed E-state index contributed by atoms with van der Waals surface area (Å²) in [5.41, 5.74) is 1.02. The minimum absolute atomic E-state index is 0.185. The lowest BCUT2D eigenvalue weighted by Gasteiger charge is -2.54. The van der Waals surface area contributed by atoms with Crippen LogP contribution in [0.25, 0.3) is 0 Å². The van der Waals surface area contributed by atoms with Gasteiger partial charge in [0, 0.05) is 18.0 Å². The Morgan fingerprint density at radius 3 is 2.22 bits per heavy atom. The van der Waals surface area contributed by atoms with Gasteiger partial charge in [-0.15, -0.1) is 0 Å². The number of nitrogens with zero attached hydrogens (tertiary/aromatic N) is 1. The molecule has 4 fully saturated rings. The fourth-order valence-corrected chi connectivity index (χ4v) is 5.43. The summed E-state index contributed by atoms with van der Waals surface area (Å²) in [4.78, 5) is 14.3. The maximum absolute atomic E-state index is 12.5. The number of benzene rings is 1. The highest BCUT2D eigenvalue weighted by Gasteiger charge is 2.49. The summed E-state index contributed by atoms with van der Waals surface area (Å²) >= 11 is 0. The van der Waals surface area contributed by atoms with E-state index in [2.05, 4.69) is 4.90 Å². The number of carbonyl (C=O) groups excluding carboxylic acids is 1. The first-order chi connectivity index (χ1) is 10.9. The van der Waals surface area contributed by atoms with Gasteiger partial charge in [0.05, 0.1) is 17.5 Å².